The highest BCUT2D eigenvalue weighted by Crippen LogP contribution is 2.60. The van der Waals surface area contributed by atoms with Gasteiger partial charge in [-0.3, -0.25) is 0 Å². The fraction of sp³-hybridized carbons (Fsp3) is 0.167. The first-order chi connectivity index (χ1) is 13.1. The molecule has 0 heterocycles. The van der Waals surface area contributed by atoms with Crippen LogP contribution in [0.25, 0.3) is 5.57 Å². The monoisotopic (exact) mass is 395 g/mol. The van der Waals surface area contributed by atoms with Crippen molar-refractivity contribution in [1.29, 1.82) is 0 Å². The number of rotatable bonds is 6. The molecule has 0 aliphatic heterocycles. The number of hydrogen-bond acceptors (Lipinski definition) is 1. The summed E-state index contributed by atoms with van der Waals surface area (Å²) < 4.78 is 0. The van der Waals surface area contributed by atoms with Gasteiger partial charge in [0, 0.05) is 16.2 Å². The van der Waals surface area contributed by atoms with Gasteiger partial charge in [-0.2, -0.15) is 0 Å². The van der Waals surface area contributed by atoms with Gasteiger partial charge in [0.15, 0.2) is 0 Å². The van der Waals surface area contributed by atoms with Crippen LogP contribution in [0.3, 0.4) is 0 Å². The molecule has 1 N–H and O–H groups in total. The smallest absolute Gasteiger partial charge is 0.123 e. The lowest BCUT2D eigenvalue weighted by Crippen LogP contribution is -2.14. The molecule has 3 heteroatoms. The van der Waals surface area contributed by atoms with E-state index in [1.54, 1.807) is 12.1 Å². The Labute approximate surface area is 167 Å². The molecule has 0 spiro atoms. The molecule has 3 aromatic carbocycles. The fourth-order valence-electron chi connectivity index (χ4n) is 3.46. The molecule has 0 radical (unpaired) electrons. The molecule has 0 fully saturated rings. The Kier molecular flexibility index (Phi) is 6.37. The third kappa shape index (κ3) is 4.26. The van der Waals surface area contributed by atoms with Crippen LogP contribution in [0.2, 0.25) is 5.02 Å². The number of hydrogen-bond donors (Lipinski definition) is 1. The van der Waals surface area contributed by atoms with Crippen LogP contribution >= 0.6 is 18.9 Å². The zero-order valence-corrected chi connectivity index (χ0v) is 17.4. The van der Waals surface area contributed by atoms with E-state index >= 15 is 0 Å². The summed E-state index contributed by atoms with van der Waals surface area (Å²) in [4.78, 5) is 0. The van der Waals surface area contributed by atoms with Gasteiger partial charge in [-0.15, -0.1) is 0 Å². The van der Waals surface area contributed by atoms with E-state index < -0.39 is 7.26 Å². The van der Waals surface area contributed by atoms with Crippen LogP contribution in [0.1, 0.15) is 25.0 Å². The fourth-order valence-corrected chi connectivity index (χ4v) is 6.87. The zero-order valence-electron chi connectivity index (χ0n) is 15.8. The van der Waals surface area contributed by atoms with Crippen molar-refractivity contribution in [1.82, 2.24) is 0 Å². The average molecular weight is 396 g/mol. The Morgan fingerprint density at radius 3 is 2.07 bits per heavy atom. The molecule has 1 nitrogen and oxygen atoms in total. The van der Waals surface area contributed by atoms with Gasteiger partial charge in [-0.25, -0.2) is 0 Å². The lowest BCUT2D eigenvalue weighted by molar-refractivity contribution is 0.473. The molecule has 0 aromatic heterocycles. The van der Waals surface area contributed by atoms with Gasteiger partial charge in [0.1, 0.15) is 5.75 Å². The van der Waals surface area contributed by atoms with Gasteiger partial charge >= 0.3 is 0 Å². The molecule has 0 amide bonds. The van der Waals surface area contributed by atoms with E-state index in [1.165, 1.54) is 5.30 Å². The van der Waals surface area contributed by atoms with E-state index in [0.717, 1.165) is 29.0 Å². The molecule has 0 atom stereocenters. The maximum atomic E-state index is 10.6. The first-order valence-corrected chi connectivity index (χ1v) is 11.9. The Bertz CT molecular complexity index is 916. The van der Waals surface area contributed by atoms with E-state index in [9.17, 15) is 5.11 Å². The standard InChI is InChI=1S/C24H24ClOP/c1-3-27(4-2,21-13-9-6-10-14-21)18-23(19-11-7-5-8-12-19)22-17-20(25)15-16-24(22)26/h5-18H,3-4H2,1-2H3/p+1/b23-18-. The molecule has 3 rings (SSSR count). The summed E-state index contributed by atoms with van der Waals surface area (Å²) in [5.74, 6) is 2.68. The minimum absolute atomic E-state index is 0.257. The maximum absolute atomic E-state index is 10.6. The minimum atomic E-state index is -1.55. The summed E-state index contributed by atoms with van der Waals surface area (Å²) in [7, 11) is -1.55. The summed E-state index contributed by atoms with van der Waals surface area (Å²) in [5.41, 5.74) is 2.93. The Morgan fingerprint density at radius 1 is 0.889 bits per heavy atom. The minimum Gasteiger partial charge on any atom is -0.507 e. The van der Waals surface area contributed by atoms with Crippen LogP contribution in [0.4, 0.5) is 0 Å². The summed E-state index contributed by atoms with van der Waals surface area (Å²) in [6, 6.07) is 26.3. The molecule has 138 valence electrons. The largest absolute Gasteiger partial charge is 0.507 e. The van der Waals surface area contributed by atoms with Gasteiger partial charge in [-0.05, 0) is 49.7 Å². The summed E-state index contributed by atoms with van der Waals surface area (Å²) in [5, 5.41) is 12.6. The summed E-state index contributed by atoms with van der Waals surface area (Å²) in [6.45, 7) is 4.53. The first kappa shape index (κ1) is 19.7. The SMILES string of the molecule is CC[P+](/C=C(/c1ccccc1)c1cc(Cl)ccc1O)(CC)c1ccccc1. The predicted molar refractivity (Wildman–Crippen MR) is 121 cm³/mol. The van der Waals surface area contributed by atoms with Crippen LogP contribution in [-0.4, -0.2) is 17.4 Å². The maximum Gasteiger partial charge on any atom is 0.123 e. The Hall–Kier alpha value is -2.08. The predicted octanol–water partition coefficient (Wildman–Crippen LogP) is 6.82. The van der Waals surface area contributed by atoms with Gasteiger partial charge in [0.25, 0.3) is 0 Å². The average Bonchev–Trinajstić information content (AvgIpc) is 2.73. The van der Waals surface area contributed by atoms with Gasteiger partial charge in [0.05, 0.1) is 30.7 Å². The normalized spacial score (nSPS) is 12.2. The second kappa shape index (κ2) is 8.74. The van der Waals surface area contributed by atoms with Crippen LogP contribution < -0.4 is 5.30 Å². The van der Waals surface area contributed by atoms with Crippen LogP contribution in [0, 0.1) is 0 Å². The van der Waals surface area contributed by atoms with E-state index in [4.69, 9.17) is 11.6 Å². The second-order valence-corrected chi connectivity index (χ2v) is 11.1. The number of halogens is 1. The molecule has 0 unspecified atom stereocenters. The number of benzene rings is 3. The van der Waals surface area contributed by atoms with Crippen molar-refractivity contribution >= 4 is 29.7 Å². The lowest BCUT2D eigenvalue weighted by atomic mass is 9.99. The zero-order chi connectivity index (χ0) is 19.3. The quantitative estimate of drug-likeness (QED) is 0.454. The third-order valence-corrected chi connectivity index (χ3v) is 9.68. The van der Waals surface area contributed by atoms with Gasteiger partial charge in [-0.1, -0.05) is 60.1 Å². The topological polar surface area (TPSA) is 20.2 Å². The molecular weight excluding hydrogens is 371 g/mol. The molecule has 0 saturated carbocycles. The van der Waals surface area contributed by atoms with E-state index in [0.29, 0.717) is 5.02 Å². The lowest BCUT2D eigenvalue weighted by Gasteiger charge is -2.23. The van der Waals surface area contributed by atoms with Crippen molar-refractivity contribution in [2.75, 3.05) is 12.3 Å². The van der Waals surface area contributed by atoms with Crippen LogP contribution in [-0.2, 0) is 0 Å². The van der Waals surface area contributed by atoms with E-state index in [-0.39, 0.29) is 5.75 Å². The second-order valence-electron chi connectivity index (χ2n) is 6.57. The number of phenols is 1. The van der Waals surface area contributed by atoms with Crippen LogP contribution in [0.15, 0.2) is 84.7 Å². The highest BCUT2D eigenvalue weighted by molar-refractivity contribution is 7.85. The molecule has 3 aromatic rings. The van der Waals surface area contributed by atoms with Crippen LogP contribution in [0.5, 0.6) is 5.75 Å². The molecule has 0 saturated heterocycles. The van der Waals surface area contributed by atoms with Crippen molar-refractivity contribution in [2.24, 2.45) is 0 Å². The van der Waals surface area contributed by atoms with Crippen molar-refractivity contribution in [3.05, 3.63) is 101 Å². The Balaban J connectivity index is 2.27. The molecule has 27 heavy (non-hydrogen) atoms. The van der Waals surface area contributed by atoms with Crippen molar-refractivity contribution in [2.45, 2.75) is 13.8 Å². The van der Waals surface area contributed by atoms with E-state index in [2.05, 4.69) is 62.1 Å². The van der Waals surface area contributed by atoms with Crippen molar-refractivity contribution in [3.63, 3.8) is 0 Å². The molecule has 0 aliphatic carbocycles. The summed E-state index contributed by atoms with van der Waals surface area (Å²) in [6.07, 6.45) is 2.15. The molecule has 0 bridgehead atoms. The highest BCUT2D eigenvalue weighted by Gasteiger charge is 2.35. The summed E-state index contributed by atoms with van der Waals surface area (Å²) >= 11 is 6.28. The highest BCUT2D eigenvalue weighted by atomic mass is 35.5. The van der Waals surface area contributed by atoms with Gasteiger partial charge < -0.3 is 5.11 Å². The van der Waals surface area contributed by atoms with E-state index in [1.807, 2.05) is 24.3 Å². The molecular formula is C24H25ClOP+. The number of phenolic OH excluding ortho intramolecular Hbond substituents is 1. The Morgan fingerprint density at radius 2 is 1.48 bits per heavy atom. The van der Waals surface area contributed by atoms with Crippen molar-refractivity contribution < 1.29 is 5.11 Å². The molecule has 0 aliphatic rings. The first-order valence-electron chi connectivity index (χ1n) is 9.29. The van der Waals surface area contributed by atoms with Crippen molar-refractivity contribution in [3.8, 4) is 5.75 Å². The third-order valence-electron chi connectivity index (χ3n) is 5.11. The van der Waals surface area contributed by atoms with Gasteiger partial charge in [0.2, 0.25) is 0 Å². The number of aromatic hydroxyl groups is 1.